The molecule has 5 nitrogen and oxygen atoms in total. The van der Waals surface area contributed by atoms with E-state index in [-0.39, 0.29) is 23.3 Å². The first-order chi connectivity index (χ1) is 12.6. The minimum absolute atomic E-state index is 0.0199. The highest BCUT2D eigenvalue weighted by molar-refractivity contribution is 6.06. The Hall–Kier alpha value is -3.15. The largest absolute Gasteiger partial charge is 0.350 e. The molecule has 2 amide bonds. The molecule has 2 heterocycles. The third-order valence-corrected chi connectivity index (χ3v) is 4.64. The number of aromatic amines is 1. The van der Waals surface area contributed by atoms with Gasteiger partial charge in [-0.15, -0.1) is 0 Å². The van der Waals surface area contributed by atoms with Gasteiger partial charge in [-0.2, -0.15) is 0 Å². The number of amides is 2. The van der Waals surface area contributed by atoms with Gasteiger partial charge in [0.2, 0.25) is 0 Å². The zero-order valence-electron chi connectivity index (χ0n) is 14.1. The SMILES string of the molecule is O=C(Nc1ccc(C(=O)N2CCCC2)cc1)c1cc2c(F)cccc2[nH]1. The van der Waals surface area contributed by atoms with Gasteiger partial charge in [-0.1, -0.05) is 6.07 Å². The number of H-pyrrole nitrogens is 1. The van der Waals surface area contributed by atoms with Gasteiger partial charge >= 0.3 is 0 Å². The lowest BCUT2D eigenvalue weighted by Gasteiger charge is -2.15. The summed E-state index contributed by atoms with van der Waals surface area (Å²) in [6, 6.07) is 13.0. The monoisotopic (exact) mass is 351 g/mol. The number of likely N-dealkylation sites (tertiary alicyclic amines) is 1. The average Bonchev–Trinajstić information content (AvgIpc) is 3.32. The molecule has 0 saturated carbocycles. The maximum absolute atomic E-state index is 13.8. The van der Waals surface area contributed by atoms with Gasteiger partial charge in [-0.25, -0.2) is 4.39 Å². The van der Waals surface area contributed by atoms with Crippen molar-refractivity contribution in [3.63, 3.8) is 0 Å². The number of carbonyl (C=O) groups excluding carboxylic acids is 2. The summed E-state index contributed by atoms with van der Waals surface area (Å²) in [4.78, 5) is 29.5. The van der Waals surface area contributed by atoms with Crippen LogP contribution in [0, 0.1) is 5.82 Å². The molecule has 0 atom stereocenters. The first-order valence-electron chi connectivity index (χ1n) is 8.60. The Kier molecular flexibility index (Phi) is 4.16. The van der Waals surface area contributed by atoms with Crippen LogP contribution in [-0.4, -0.2) is 34.8 Å². The van der Waals surface area contributed by atoms with E-state index < -0.39 is 0 Å². The van der Waals surface area contributed by atoms with E-state index in [9.17, 15) is 14.0 Å². The third-order valence-electron chi connectivity index (χ3n) is 4.64. The van der Waals surface area contributed by atoms with Crippen molar-refractivity contribution >= 4 is 28.4 Å². The van der Waals surface area contributed by atoms with Crippen molar-refractivity contribution in [1.29, 1.82) is 0 Å². The minimum Gasteiger partial charge on any atom is -0.350 e. The van der Waals surface area contributed by atoms with Crippen LogP contribution in [0.25, 0.3) is 10.9 Å². The molecule has 0 spiro atoms. The van der Waals surface area contributed by atoms with E-state index in [1.807, 2.05) is 4.90 Å². The van der Waals surface area contributed by atoms with Crippen LogP contribution in [0.15, 0.2) is 48.5 Å². The lowest BCUT2D eigenvalue weighted by Crippen LogP contribution is -2.27. The van der Waals surface area contributed by atoms with Gasteiger partial charge in [0.1, 0.15) is 11.5 Å². The second-order valence-corrected chi connectivity index (χ2v) is 6.41. The van der Waals surface area contributed by atoms with Gasteiger partial charge in [0, 0.05) is 35.2 Å². The number of nitrogens with one attached hydrogen (secondary N) is 2. The van der Waals surface area contributed by atoms with Crippen LogP contribution in [0.4, 0.5) is 10.1 Å². The highest BCUT2D eigenvalue weighted by Gasteiger charge is 2.19. The first-order valence-corrected chi connectivity index (χ1v) is 8.60. The number of anilines is 1. The summed E-state index contributed by atoms with van der Waals surface area (Å²) in [5, 5.41) is 3.14. The molecule has 6 heteroatoms. The third kappa shape index (κ3) is 3.06. The average molecular weight is 351 g/mol. The summed E-state index contributed by atoms with van der Waals surface area (Å²) < 4.78 is 13.8. The van der Waals surface area contributed by atoms with Crippen LogP contribution >= 0.6 is 0 Å². The number of aromatic nitrogens is 1. The summed E-state index contributed by atoms with van der Waals surface area (Å²) >= 11 is 0. The molecule has 1 aromatic heterocycles. The second kappa shape index (κ2) is 6.63. The molecule has 132 valence electrons. The Morgan fingerprint density at radius 3 is 2.46 bits per heavy atom. The van der Waals surface area contributed by atoms with E-state index >= 15 is 0 Å². The van der Waals surface area contributed by atoms with Crippen molar-refractivity contribution < 1.29 is 14.0 Å². The van der Waals surface area contributed by atoms with Gasteiger partial charge < -0.3 is 15.2 Å². The number of hydrogen-bond donors (Lipinski definition) is 2. The molecule has 1 fully saturated rings. The predicted molar refractivity (Wildman–Crippen MR) is 97.8 cm³/mol. The van der Waals surface area contributed by atoms with Crippen molar-refractivity contribution in [3.8, 4) is 0 Å². The fourth-order valence-electron chi connectivity index (χ4n) is 3.24. The van der Waals surface area contributed by atoms with Crippen LogP contribution in [0.3, 0.4) is 0 Å². The predicted octanol–water partition coefficient (Wildman–Crippen LogP) is 3.80. The molecule has 0 bridgehead atoms. The van der Waals surface area contributed by atoms with Crippen LogP contribution < -0.4 is 5.32 Å². The standard InChI is InChI=1S/C20H18FN3O2/c21-16-4-3-5-17-15(16)12-18(23-17)19(25)22-14-8-6-13(7-9-14)20(26)24-10-1-2-11-24/h3-9,12,23H,1-2,10-11H2,(H,22,25). The summed E-state index contributed by atoms with van der Waals surface area (Å²) in [7, 11) is 0. The van der Waals surface area contributed by atoms with Crippen LogP contribution in [0.2, 0.25) is 0 Å². The van der Waals surface area contributed by atoms with E-state index in [1.165, 1.54) is 12.1 Å². The first kappa shape index (κ1) is 16.3. The summed E-state index contributed by atoms with van der Waals surface area (Å²) in [5.41, 5.74) is 2.04. The van der Waals surface area contributed by atoms with Crippen molar-refractivity contribution in [2.45, 2.75) is 12.8 Å². The normalized spacial score (nSPS) is 14.0. The summed E-state index contributed by atoms with van der Waals surface area (Å²) in [6.07, 6.45) is 2.09. The Morgan fingerprint density at radius 2 is 1.77 bits per heavy atom. The van der Waals surface area contributed by atoms with E-state index in [1.54, 1.807) is 36.4 Å². The minimum atomic E-state index is -0.373. The molecule has 2 aromatic carbocycles. The number of hydrogen-bond acceptors (Lipinski definition) is 2. The molecule has 3 aromatic rings. The molecule has 26 heavy (non-hydrogen) atoms. The quantitative estimate of drug-likeness (QED) is 0.754. The van der Waals surface area contributed by atoms with Gasteiger partial charge in [-0.05, 0) is 55.3 Å². The zero-order chi connectivity index (χ0) is 18.1. The Balaban J connectivity index is 1.48. The number of carbonyl (C=O) groups is 2. The molecule has 0 radical (unpaired) electrons. The number of fused-ring (bicyclic) bond motifs is 1. The van der Waals surface area contributed by atoms with Crippen molar-refractivity contribution in [2.24, 2.45) is 0 Å². The van der Waals surface area contributed by atoms with Gasteiger partial charge in [0.25, 0.3) is 11.8 Å². The molecule has 2 N–H and O–H groups in total. The van der Waals surface area contributed by atoms with Gasteiger partial charge in [0.15, 0.2) is 0 Å². The Labute approximate surface area is 149 Å². The number of benzene rings is 2. The van der Waals surface area contributed by atoms with E-state index in [0.717, 1.165) is 25.9 Å². The highest BCUT2D eigenvalue weighted by atomic mass is 19.1. The number of nitrogens with zero attached hydrogens (tertiary/aromatic N) is 1. The molecular weight excluding hydrogens is 333 g/mol. The maximum Gasteiger partial charge on any atom is 0.272 e. The summed E-state index contributed by atoms with van der Waals surface area (Å²) in [5.74, 6) is -0.715. The number of halogens is 1. The Bertz CT molecular complexity index is 972. The Morgan fingerprint density at radius 1 is 1.04 bits per heavy atom. The van der Waals surface area contributed by atoms with Gasteiger partial charge in [0.05, 0.1) is 0 Å². The maximum atomic E-state index is 13.8. The smallest absolute Gasteiger partial charge is 0.272 e. The van der Waals surface area contributed by atoms with Crippen molar-refractivity contribution in [1.82, 2.24) is 9.88 Å². The molecule has 1 aliphatic rings. The molecular formula is C20H18FN3O2. The van der Waals surface area contributed by atoms with E-state index in [2.05, 4.69) is 10.3 Å². The van der Waals surface area contributed by atoms with E-state index in [0.29, 0.717) is 22.2 Å². The summed E-state index contributed by atoms with van der Waals surface area (Å²) in [6.45, 7) is 1.60. The molecule has 1 saturated heterocycles. The topological polar surface area (TPSA) is 65.2 Å². The molecule has 0 unspecified atom stereocenters. The van der Waals surface area contributed by atoms with Crippen LogP contribution in [0.1, 0.15) is 33.7 Å². The molecule has 1 aliphatic heterocycles. The highest BCUT2D eigenvalue weighted by Crippen LogP contribution is 2.20. The van der Waals surface area contributed by atoms with Crippen molar-refractivity contribution in [2.75, 3.05) is 18.4 Å². The van der Waals surface area contributed by atoms with Crippen molar-refractivity contribution in [3.05, 3.63) is 65.6 Å². The molecule has 4 rings (SSSR count). The van der Waals surface area contributed by atoms with Crippen LogP contribution in [-0.2, 0) is 0 Å². The lowest BCUT2D eigenvalue weighted by atomic mass is 10.2. The van der Waals surface area contributed by atoms with Gasteiger partial charge in [-0.3, -0.25) is 9.59 Å². The number of rotatable bonds is 3. The second-order valence-electron chi connectivity index (χ2n) is 6.41. The fourth-order valence-corrected chi connectivity index (χ4v) is 3.24. The zero-order valence-corrected chi connectivity index (χ0v) is 14.1. The molecule has 0 aliphatic carbocycles. The fraction of sp³-hybridized carbons (Fsp3) is 0.200. The van der Waals surface area contributed by atoms with Crippen LogP contribution in [0.5, 0.6) is 0 Å². The van der Waals surface area contributed by atoms with E-state index in [4.69, 9.17) is 0 Å². The lowest BCUT2D eigenvalue weighted by molar-refractivity contribution is 0.0792.